The summed E-state index contributed by atoms with van der Waals surface area (Å²) in [5.41, 5.74) is -0.0880. The van der Waals surface area contributed by atoms with Crippen LogP contribution in [0, 0.1) is 12.3 Å². The molecule has 12 atom stereocenters. The summed E-state index contributed by atoms with van der Waals surface area (Å²) in [7, 11) is 0. The molecule has 0 bridgehead atoms. The highest BCUT2D eigenvalue weighted by Crippen LogP contribution is 2.35. The minimum absolute atomic E-state index is 0.0880. The summed E-state index contributed by atoms with van der Waals surface area (Å²) in [6.07, 6.45) is -9.75. The van der Waals surface area contributed by atoms with Gasteiger partial charge in [-0.3, -0.25) is 9.59 Å². The van der Waals surface area contributed by atoms with E-state index in [-0.39, 0.29) is 5.69 Å². The molecule has 0 saturated carbocycles. The fraction of sp³-hybridized carbons (Fsp3) is 0.714. The normalized spacial score (nSPS) is 32.2. The van der Waals surface area contributed by atoms with Crippen molar-refractivity contribution in [2.45, 2.75) is 112 Å². The topological polar surface area (TPSA) is 342 Å². The zero-order valence-corrected chi connectivity index (χ0v) is 26.8. The maximum absolute atomic E-state index is 12.4. The van der Waals surface area contributed by atoms with Crippen molar-refractivity contribution in [2.75, 3.05) is 13.2 Å². The third-order valence-electron chi connectivity index (χ3n) is 7.99. The van der Waals surface area contributed by atoms with Crippen LogP contribution in [0.1, 0.15) is 32.4 Å². The summed E-state index contributed by atoms with van der Waals surface area (Å²) in [5, 5.41) is 105. The van der Waals surface area contributed by atoms with Gasteiger partial charge in [0.25, 0.3) is 11.6 Å². The number of carbonyl (C=O) groups is 4. The first-order valence-electron chi connectivity index (χ1n) is 15.1. The van der Waals surface area contributed by atoms with Crippen LogP contribution in [-0.2, 0) is 51.3 Å². The smallest absolute Gasteiger partial charge is 0.364 e. The van der Waals surface area contributed by atoms with E-state index in [0.717, 1.165) is 24.7 Å². The van der Waals surface area contributed by atoms with Crippen LogP contribution in [-0.4, -0.2) is 170 Å². The van der Waals surface area contributed by atoms with Crippen molar-refractivity contribution in [3.8, 4) is 12.3 Å². The van der Waals surface area contributed by atoms with E-state index in [1.54, 1.807) is 0 Å². The number of carboxylic acid groups (broad SMARTS) is 2. The Bertz CT molecular complexity index is 1410. The number of carboxylic acids is 2. The number of hydrogen-bond acceptors (Lipinski definition) is 17. The van der Waals surface area contributed by atoms with E-state index in [0.29, 0.717) is 0 Å². The lowest BCUT2D eigenvalue weighted by Gasteiger charge is -2.46. The SMILES string of the molecule is C#CCO[C@]1(C(=O)O)C[C@H](O)[C@@H](NC(C)=O)[C@H]([C@H](O)[C@H](O)Cn2cc(CO[C@]3(C(=O)O)C[C@H](O)[C@@H](NC(C)=O)[C@H]([C@H](O)[C@H](O)CO)O3)nn2)O1. The van der Waals surface area contributed by atoms with Gasteiger partial charge in [-0.15, -0.1) is 11.5 Å². The highest BCUT2D eigenvalue weighted by Gasteiger charge is 2.57. The van der Waals surface area contributed by atoms with Crippen molar-refractivity contribution in [2.24, 2.45) is 0 Å². The standard InChI is InChI=1S/C28H41N5O17/c1-4-5-47-27(25(43)44)6-15(37)19(29-12(2)35)23(49-27)21(41)17(39)9-33-8-14(31-32-33)11-48-28(26(45)46)7-16(38)20(30-13(3)36)24(50-28)22(42)18(40)10-34/h1,8,15-24,34,37-42H,5-7,9-11H2,2-3H3,(H,29,35)(H,30,36)(H,43,44)(H,45,46)/t15-,16-,17+,18+,19+,20+,21+,22+,23+,24+,27+,28+/m0/s1. The second kappa shape index (κ2) is 16.9. The molecule has 2 saturated heterocycles. The molecule has 3 rings (SSSR count). The molecule has 50 heavy (non-hydrogen) atoms. The Hall–Kier alpha value is -3.86. The Morgan fingerprint density at radius 3 is 1.86 bits per heavy atom. The molecule has 0 unspecified atom stereocenters. The first-order valence-corrected chi connectivity index (χ1v) is 15.1. The quantitative estimate of drug-likeness (QED) is 0.0708. The van der Waals surface area contributed by atoms with Gasteiger partial charge in [-0.2, -0.15) is 0 Å². The number of aliphatic hydroxyl groups excluding tert-OH is 7. The highest BCUT2D eigenvalue weighted by molar-refractivity contribution is 5.77. The fourth-order valence-corrected chi connectivity index (χ4v) is 5.59. The van der Waals surface area contributed by atoms with Gasteiger partial charge in [-0.1, -0.05) is 11.1 Å². The van der Waals surface area contributed by atoms with Crippen LogP contribution in [0.4, 0.5) is 0 Å². The number of carbonyl (C=O) groups excluding carboxylic acids is 2. The van der Waals surface area contributed by atoms with Gasteiger partial charge in [-0.05, 0) is 0 Å². The van der Waals surface area contributed by atoms with Crippen molar-refractivity contribution in [1.82, 2.24) is 25.6 Å². The molecule has 2 aliphatic rings. The first-order chi connectivity index (χ1) is 23.4. The minimum atomic E-state index is -2.68. The predicted molar refractivity (Wildman–Crippen MR) is 158 cm³/mol. The molecule has 0 spiro atoms. The molecule has 2 aliphatic heterocycles. The molecule has 2 fully saturated rings. The predicted octanol–water partition coefficient (Wildman–Crippen LogP) is -6.25. The molecule has 0 aliphatic carbocycles. The lowest BCUT2D eigenvalue weighted by Crippen LogP contribution is -2.67. The molecular weight excluding hydrogens is 678 g/mol. The van der Waals surface area contributed by atoms with E-state index in [1.807, 2.05) is 0 Å². The summed E-state index contributed by atoms with van der Waals surface area (Å²) in [6, 6.07) is -2.83. The lowest BCUT2D eigenvalue weighted by atomic mass is 9.88. The molecule has 0 radical (unpaired) electrons. The summed E-state index contributed by atoms with van der Waals surface area (Å²) in [6.45, 7) is -0.602. The Morgan fingerprint density at radius 1 is 0.940 bits per heavy atom. The van der Waals surface area contributed by atoms with Gasteiger partial charge in [-0.25, -0.2) is 14.3 Å². The number of ether oxygens (including phenoxy) is 4. The van der Waals surface area contributed by atoms with Crippen molar-refractivity contribution < 1.29 is 84.1 Å². The van der Waals surface area contributed by atoms with E-state index in [1.165, 1.54) is 0 Å². The lowest BCUT2D eigenvalue weighted by molar-refractivity contribution is -0.315. The zero-order valence-electron chi connectivity index (χ0n) is 26.8. The Morgan fingerprint density at radius 2 is 1.42 bits per heavy atom. The van der Waals surface area contributed by atoms with Gasteiger partial charge >= 0.3 is 11.9 Å². The van der Waals surface area contributed by atoms with Crippen molar-refractivity contribution in [3.05, 3.63) is 11.9 Å². The first kappa shape index (κ1) is 40.6. The van der Waals surface area contributed by atoms with Crippen LogP contribution in [0.25, 0.3) is 0 Å². The molecular formula is C28H41N5O17. The van der Waals surface area contributed by atoms with Crippen LogP contribution in [0.2, 0.25) is 0 Å². The Labute approximate surface area is 283 Å². The molecule has 22 heteroatoms. The number of aliphatic hydroxyl groups is 7. The van der Waals surface area contributed by atoms with Gasteiger partial charge < -0.3 is 75.5 Å². The van der Waals surface area contributed by atoms with Gasteiger partial charge in [0.05, 0.1) is 50.2 Å². The van der Waals surface area contributed by atoms with Gasteiger partial charge in [0.1, 0.15) is 48.9 Å². The Balaban J connectivity index is 1.78. The number of rotatable bonds is 16. The van der Waals surface area contributed by atoms with E-state index in [9.17, 15) is 65.1 Å². The number of aliphatic carboxylic acids is 2. The van der Waals surface area contributed by atoms with Crippen molar-refractivity contribution >= 4 is 23.8 Å². The monoisotopic (exact) mass is 719 g/mol. The summed E-state index contributed by atoms with van der Waals surface area (Å²) < 4.78 is 22.7. The van der Waals surface area contributed by atoms with Gasteiger partial charge in [0.15, 0.2) is 0 Å². The number of hydrogen-bond donors (Lipinski definition) is 11. The minimum Gasteiger partial charge on any atom is -0.477 e. The Kier molecular flexibility index (Phi) is 13.7. The second-order valence-corrected chi connectivity index (χ2v) is 11.8. The maximum Gasteiger partial charge on any atom is 0.364 e. The van der Waals surface area contributed by atoms with E-state index in [2.05, 4.69) is 26.9 Å². The zero-order chi connectivity index (χ0) is 37.6. The van der Waals surface area contributed by atoms with Crippen LogP contribution in [0.3, 0.4) is 0 Å². The molecule has 0 aromatic carbocycles. The summed E-state index contributed by atoms with van der Waals surface area (Å²) >= 11 is 0. The number of amides is 2. The summed E-state index contributed by atoms with van der Waals surface area (Å²) in [4.78, 5) is 48.0. The van der Waals surface area contributed by atoms with Crippen molar-refractivity contribution in [1.29, 1.82) is 0 Å². The molecule has 280 valence electrons. The third-order valence-corrected chi connectivity index (χ3v) is 7.99. The van der Waals surface area contributed by atoms with E-state index >= 15 is 0 Å². The van der Waals surface area contributed by atoms with Gasteiger partial charge in [0.2, 0.25) is 11.8 Å². The average molecular weight is 720 g/mol. The number of nitrogens with zero attached hydrogens (tertiary/aromatic N) is 3. The fourth-order valence-electron chi connectivity index (χ4n) is 5.59. The number of aromatic nitrogens is 3. The number of terminal acetylenes is 1. The van der Waals surface area contributed by atoms with Crippen LogP contribution < -0.4 is 10.6 Å². The molecule has 11 N–H and O–H groups in total. The van der Waals surface area contributed by atoms with Crippen LogP contribution in [0.5, 0.6) is 0 Å². The number of nitrogens with one attached hydrogen (secondary N) is 2. The molecule has 2 amide bonds. The third kappa shape index (κ3) is 9.27. The van der Waals surface area contributed by atoms with Crippen molar-refractivity contribution in [3.63, 3.8) is 0 Å². The van der Waals surface area contributed by atoms with E-state index < -0.39 is 135 Å². The molecule has 3 heterocycles. The van der Waals surface area contributed by atoms with Gasteiger partial charge in [0, 0.05) is 26.7 Å². The maximum atomic E-state index is 12.4. The average Bonchev–Trinajstić information content (AvgIpc) is 3.50. The molecule has 1 aromatic heterocycles. The van der Waals surface area contributed by atoms with Crippen LogP contribution in [0.15, 0.2) is 6.20 Å². The largest absolute Gasteiger partial charge is 0.477 e. The molecule has 22 nitrogen and oxygen atoms in total. The van der Waals surface area contributed by atoms with E-state index in [4.69, 9.17) is 25.4 Å². The second-order valence-electron chi connectivity index (χ2n) is 11.8. The highest BCUT2D eigenvalue weighted by atomic mass is 16.7. The summed E-state index contributed by atoms with van der Waals surface area (Å²) in [5.74, 6) is -8.00. The van der Waals surface area contributed by atoms with Crippen LogP contribution >= 0.6 is 0 Å². The molecule has 1 aromatic rings.